The number of benzene rings is 1. The minimum Gasteiger partial charge on any atom is -0.469 e. The fourth-order valence-corrected chi connectivity index (χ4v) is 1.59. The van der Waals surface area contributed by atoms with Crippen LogP contribution < -0.4 is 5.32 Å². The maximum absolute atomic E-state index is 13.7. The van der Waals surface area contributed by atoms with Crippen LogP contribution >= 0.6 is 11.6 Å². The molecule has 0 saturated heterocycles. The Morgan fingerprint density at radius 2 is 2.31 bits per heavy atom. The minimum atomic E-state index is -0.507. The molecule has 0 bridgehead atoms. The lowest BCUT2D eigenvalue weighted by molar-refractivity contribution is -0.141. The van der Waals surface area contributed by atoms with Gasteiger partial charge in [0.1, 0.15) is 5.82 Å². The van der Waals surface area contributed by atoms with Gasteiger partial charge in [0.2, 0.25) is 0 Å². The van der Waals surface area contributed by atoms with Gasteiger partial charge < -0.3 is 10.1 Å². The maximum atomic E-state index is 13.7. The van der Waals surface area contributed by atoms with E-state index < -0.39 is 17.8 Å². The first-order valence-corrected chi connectivity index (χ1v) is 5.16. The summed E-state index contributed by atoms with van der Waals surface area (Å²) in [5.74, 6) is -0.911. The van der Waals surface area contributed by atoms with E-state index in [0.29, 0.717) is 5.56 Å². The number of rotatable bonds is 4. The summed E-state index contributed by atoms with van der Waals surface area (Å²) < 4.78 is 18.2. The van der Waals surface area contributed by atoms with Crippen LogP contribution in [0.1, 0.15) is 18.0 Å². The molecule has 0 saturated carbocycles. The molecular formula is C11H13ClFNO2. The van der Waals surface area contributed by atoms with E-state index in [2.05, 4.69) is 10.1 Å². The Balaban J connectivity index is 2.95. The van der Waals surface area contributed by atoms with Crippen LogP contribution in [0.15, 0.2) is 18.2 Å². The van der Waals surface area contributed by atoms with Crippen molar-refractivity contribution in [3.05, 3.63) is 34.6 Å². The van der Waals surface area contributed by atoms with Crippen LogP contribution in [-0.4, -0.2) is 20.1 Å². The average molecular weight is 246 g/mol. The Morgan fingerprint density at radius 1 is 1.62 bits per heavy atom. The van der Waals surface area contributed by atoms with Gasteiger partial charge in [-0.2, -0.15) is 0 Å². The first kappa shape index (κ1) is 12.9. The van der Waals surface area contributed by atoms with Crippen molar-refractivity contribution in [2.45, 2.75) is 12.5 Å². The molecule has 1 unspecified atom stereocenters. The maximum Gasteiger partial charge on any atom is 0.307 e. The SMILES string of the molecule is CNC(CC(=O)OC)c1cccc(Cl)c1F. The molecule has 1 atom stereocenters. The molecule has 0 aromatic heterocycles. The molecule has 1 aromatic carbocycles. The molecule has 0 amide bonds. The smallest absolute Gasteiger partial charge is 0.307 e. The molecule has 5 heteroatoms. The molecule has 88 valence electrons. The van der Waals surface area contributed by atoms with Gasteiger partial charge in [0.25, 0.3) is 0 Å². The van der Waals surface area contributed by atoms with Gasteiger partial charge in [0.15, 0.2) is 0 Å². The summed E-state index contributed by atoms with van der Waals surface area (Å²) in [6.07, 6.45) is 0.0598. The molecular weight excluding hydrogens is 233 g/mol. The summed E-state index contributed by atoms with van der Waals surface area (Å²) in [7, 11) is 2.94. The lowest BCUT2D eigenvalue weighted by Gasteiger charge is -2.16. The molecule has 1 N–H and O–H groups in total. The van der Waals surface area contributed by atoms with Crippen molar-refractivity contribution < 1.29 is 13.9 Å². The second kappa shape index (κ2) is 5.82. The van der Waals surface area contributed by atoms with Crippen molar-refractivity contribution in [1.82, 2.24) is 5.32 Å². The van der Waals surface area contributed by atoms with Gasteiger partial charge in [0.05, 0.1) is 18.6 Å². The highest BCUT2D eigenvalue weighted by Crippen LogP contribution is 2.25. The second-order valence-electron chi connectivity index (χ2n) is 3.26. The number of carbonyl (C=O) groups excluding carboxylic acids is 1. The highest BCUT2D eigenvalue weighted by atomic mass is 35.5. The van der Waals surface area contributed by atoms with Gasteiger partial charge in [-0.05, 0) is 13.1 Å². The molecule has 0 aliphatic rings. The lowest BCUT2D eigenvalue weighted by atomic mass is 10.0. The van der Waals surface area contributed by atoms with Crippen molar-refractivity contribution in [2.75, 3.05) is 14.2 Å². The highest BCUT2D eigenvalue weighted by molar-refractivity contribution is 6.30. The molecule has 3 nitrogen and oxygen atoms in total. The normalized spacial score (nSPS) is 12.2. The van der Waals surface area contributed by atoms with Gasteiger partial charge in [-0.3, -0.25) is 4.79 Å². The number of carbonyl (C=O) groups is 1. The van der Waals surface area contributed by atoms with Crippen LogP contribution in [-0.2, 0) is 9.53 Å². The predicted octanol–water partition coefficient (Wildman–Crippen LogP) is 2.30. The predicted molar refractivity (Wildman–Crippen MR) is 59.8 cm³/mol. The van der Waals surface area contributed by atoms with Gasteiger partial charge in [-0.15, -0.1) is 0 Å². The first-order valence-electron chi connectivity index (χ1n) is 4.78. The van der Waals surface area contributed by atoms with Gasteiger partial charge >= 0.3 is 5.97 Å². The number of hydrogen-bond acceptors (Lipinski definition) is 3. The Bertz CT molecular complexity index is 384. The summed E-state index contributed by atoms with van der Waals surface area (Å²) in [5, 5.41) is 2.90. The molecule has 1 aromatic rings. The summed E-state index contributed by atoms with van der Waals surface area (Å²) in [6.45, 7) is 0. The quantitative estimate of drug-likeness (QED) is 0.828. The van der Waals surface area contributed by atoms with Crippen molar-refractivity contribution in [3.63, 3.8) is 0 Å². The number of ether oxygens (including phenoxy) is 1. The molecule has 0 radical (unpaired) electrons. The first-order chi connectivity index (χ1) is 7.60. The second-order valence-corrected chi connectivity index (χ2v) is 3.67. The van der Waals surface area contributed by atoms with E-state index in [4.69, 9.17) is 11.6 Å². The molecule has 1 rings (SSSR count). The molecule has 0 heterocycles. The Hall–Kier alpha value is -1.13. The fourth-order valence-electron chi connectivity index (χ4n) is 1.41. The topological polar surface area (TPSA) is 38.3 Å². The number of hydrogen-bond donors (Lipinski definition) is 1. The standard InChI is InChI=1S/C11H13ClFNO2/c1-14-9(6-10(15)16-2)7-4-3-5-8(12)11(7)13/h3-5,9,14H,6H2,1-2H3. The number of halogens is 2. The van der Waals surface area contributed by atoms with E-state index >= 15 is 0 Å². The molecule has 0 spiro atoms. The van der Waals surface area contributed by atoms with Crippen LogP contribution in [0, 0.1) is 5.82 Å². The summed E-state index contributed by atoms with van der Waals surface area (Å²) in [6, 6.07) is 4.25. The highest BCUT2D eigenvalue weighted by Gasteiger charge is 2.19. The summed E-state index contributed by atoms with van der Waals surface area (Å²) in [5.41, 5.74) is 0.361. The zero-order valence-electron chi connectivity index (χ0n) is 9.09. The summed E-state index contributed by atoms with van der Waals surface area (Å²) >= 11 is 5.67. The molecule has 0 aliphatic carbocycles. The van der Waals surface area contributed by atoms with Crippen LogP contribution in [0.25, 0.3) is 0 Å². The molecule has 16 heavy (non-hydrogen) atoms. The monoisotopic (exact) mass is 245 g/mol. The molecule has 0 fully saturated rings. The number of methoxy groups -OCH3 is 1. The van der Waals surface area contributed by atoms with Crippen LogP contribution in [0.5, 0.6) is 0 Å². The van der Waals surface area contributed by atoms with Gasteiger partial charge in [-0.1, -0.05) is 23.7 Å². The van der Waals surface area contributed by atoms with Gasteiger partial charge in [0, 0.05) is 11.6 Å². The van der Waals surface area contributed by atoms with Crippen molar-refractivity contribution in [2.24, 2.45) is 0 Å². The van der Waals surface area contributed by atoms with E-state index in [1.54, 1.807) is 19.2 Å². The van der Waals surface area contributed by atoms with E-state index in [0.717, 1.165) is 0 Å². The third-order valence-corrected chi connectivity index (χ3v) is 2.60. The Labute approximate surface area is 98.5 Å². The third-order valence-electron chi connectivity index (χ3n) is 2.30. The van der Waals surface area contributed by atoms with Gasteiger partial charge in [-0.25, -0.2) is 4.39 Å². The Kier molecular flexibility index (Phi) is 4.71. The van der Waals surface area contributed by atoms with E-state index in [9.17, 15) is 9.18 Å². The van der Waals surface area contributed by atoms with Crippen LogP contribution in [0.4, 0.5) is 4.39 Å². The fraction of sp³-hybridized carbons (Fsp3) is 0.364. The number of nitrogens with one attached hydrogen (secondary N) is 1. The largest absolute Gasteiger partial charge is 0.469 e. The van der Waals surface area contributed by atoms with Crippen molar-refractivity contribution in [1.29, 1.82) is 0 Å². The lowest BCUT2D eigenvalue weighted by Crippen LogP contribution is -2.21. The van der Waals surface area contributed by atoms with E-state index in [1.807, 2.05) is 0 Å². The third kappa shape index (κ3) is 2.93. The van der Waals surface area contributed by atoms with Crippen LogP contribution in [0.2, 0.25) is 5.02 Å². The van der Waals surface area contributed by atoms with E-state index in [-0.39, 0.29) is 11.4 Å². The van der Waals surface area contributed by atoms with Crippen molar-refractivity contribution in [3.8, 4) is 0 Å². The number of esters is 1. The van der Waals surface area contributed by atoms with Crippen molar-refractivity contribution >= 4 is 17.6 Å². The minimum absolute atomic E-state index is 0.0441. The zero-order valence-corrected chi connectivity index (χ0v) is 9.84. The van der Waals surface area contributed by atoms with Crippen LogP contribution in [0.3, 0.4) is 0 Å². The van der Waals surface area contributed by atoms with E-state index in [1.165, 1.54) is 13.2 Å². The zero-order chi connectivity index (χ0) is 12.1. The summed E-state index contributed by atoms with van der Waals surface area (Å²) in [4.78, 5) is 11.1. The average Bonchev–Trinajstić information content (AvgIpc) is 2.29. The molecule has 0 aliphatic heterocycles. The Morgan fingerprint density at radius 3 is 2.88 bits per heavy atom.